The van der Waals surface area contributed by atoms with E-state index < -0.39 is 12.1 Å². The summed E-state index contributed by atoms with van der Waals surface area (Å²) in [4.78, 5) is 24.7. The van der Waals surface area contributed by atoms with Crippen LogP contribution in [0.1, 0.15) is 483 Å². The average molecular weight is 1310 g/mol. The zero-order chi connectivity index (χ0) is 67.0. The van der Waals surface area contributed by atoms with Gasteiger partial charge in [-0.1, -0.05) is 423 Å². The third-order valence-corrected chi connectivity index (χ3v) is 20.2. The van der Waals surface area contributed by atoms with E-state index in [2.05, 4.69) is 55.6 Å². The molecule has 6 heteroatoms. The largest absolute Gasteiger partial charge is 0.466 e. The molecule has 0 aliphatic carbocycles. The van der Waals surface area contributed by atoms with Crippen molar-refractivity contribution in [3.05, 3.63) is 36.5 Å². The van der Waals surface area contributed by atoms with E-state index in [1.54, 1.807) is 0 Å². The molecule has 0 saturated carbocycles. The van der Waals surface area contributed by atoms with E-state index in [9.17, 15) is 19.8 Å². The maximum atomic E-state index is 12.6. The minimum atomic E-state index is -0.664. The van der Waals surface area contributed by atoms with Crippen LogP contribution in [0.25, 0.3) is 0 Å². The predicted octanol–water partition coefficient (Wildman–Crippen LogP) is 28.6. The normalized spacial score (nSPS) is 12.6. The highest BCUT2D eigenvalue weighted by atomic mass is 16.5. The molecule has 0 aromatic carbocycles. The third kappa shape index (κ3) is 79.0. The predicted molar refractivity (Wildman–Crippen MR) is 412 cm³/mol. The van der Waals surface area contributed by atoms with Gasteiger partial charge in [0.15, 0.2) is 0 Å². The van der Waals surface area contributed by atoms with Crippen LogP contribution in [-0.4, -0.2) is 47.4 Å². The first-order chi connectivity index (χ1) is 46.0. The Kier molecular flexibility index (Phi) is 80.8. The van der Waals surface area contributed by atoms with E-state index >= 15 is 0 Å². The summed E-state index contributed by atoms with van der Waals surface area (Å²) in [6.07, 6.45) is 108. The summed E-state index contributed by atoms with van der Waals surface area (Å²) < 4.78 is 5.51. The molecule has 0 aromatic heterocycles. The Bertz CT molecular complexity index is 1510. The Morgan fingerprint density at radius 2 is 0.538 bits per heavy atom. The molecule has 2 unspecified atom stereocenters. The summed E-state index contributed by atoms with van der Waals surface area (Å²) in [7, 11) is 0. The van der Waals surface area contributed by atoms with Crippen LogP contribution >= 0.6 is 0 Å². The van der Waals surface area contributed by atoms with Crippen LogP contribution in [0.4, 0.5) is 0 Å². The van der Waals surface area contributed by atoms with E-state index in [-0.39, 0.29) is 18.5 Å². The maximum absolute atomic E-state index is 12.6. The van der Waals surface area contributed by atoms with E-state index in [1.165, 1.54) is 398 Å². The molecule has 1 amide bonds. The number of hydrogen-bond donors (Lipinski definition) is 3. The Morgan fingerprint density at radius 3 is 0.828 bits per heavy atom. The van der Waals surface area contributed by atoms with Crippen molar-refractivity contribution < 1.29 is 24.5 Å². The SMILES string of the molecule is CCCCCCCCC/C=C\CCCCCCCCCC(=O)OCCCCCCCCCCCCCCC/C=C\C/C=C\CCCCCCCCCCCCCCCCCCCC(=O)NC(CO)C(O)CCCCCCCCCCCCCCCCCCCCCCC. The zero-order valence-corrected chi connectivity index (χ0v) is 63.3. The van der Waals surface area contributed by atoms with Crippen molar-refractivity contribution in [2.75, 3.05) is 13.2 Å². The van der Waals surface area contributed by atoms with Gasteiger partial charge in [0.25, 0.3) is 0 Å². The molecule has 2 atom stereocenters. The molecule has 0 spiro atoms. The van der Waals surface area contributed by atoms with Gasteiger partial charge in [-0.25, -0.2) is 0 Å². The third-order valence-electron chi connectivity index (χ3n) is 20.2. The van der Waals surface area contributed by atoms with Crippen molar-refractivity contribution >= 4 is 11.9 Å². The summed E-state index contributed by atoms with van der Waals surface area (Å²) in [5.74, 6) is -0.0101. The number of amides is 1. The molecule has 0 heterocycles. The molecule has 93 heavy (non-hydrogen) atoms. The quantitative estimate of drug-likeness (QED) is 0.0320. The highest BCUT2D eigenvalue weighted by Gasteiger charge is 2.20. The van der Waals surface area contributed by atoms with Crippen LogP contribution in [0.15, 0.2) is 36.5 Å². The lowest BCUT2D eigenvalue weighted by Gasteiger charge is -2.22. The van der Waals surface area contributed by atoms with Gasteiger partial charge < -0.3 is 20.3 Å². The Morgan fingerprint density at radius 1 is 0.301 bits per heavy atom. The monoisotopic (exact) mass is 1310 g/mol. The number of rotatable bonds is 81. The van der Waals surface area contributed by atoms with Crippen LogP contribution in [0.2, 0.25) is 0 Å². The summed E-state index contributed by atoms with van der Waals surface area (Å²) >= 11 is 0. The van der Waals surface area contributed by atoms with Gasteiger partial charge >= 0.3 is 5.97 Å². The van der Waals surface area contributed by atoms with E-state index in [4.69, 9.17) is 4.74 Å². The number of esters is 1. The fraction of sp³-hybridized carbons (Fsp3) is 0.908. The van der Waals surface area contributed by atoms with Crippen molar-refractivity contribution in [3.8, 4) is 0 Å². The van der Waals surface area contributed by atoms with Crippen LogP contribution in [0.3, 0.4) is 0 Å². The maximum Gasteiger partial charge on any atom is 0.305 e. The molecule has 550 valence electrons. The first-order valence-electron chi connectivity index (χ1n) is 42.7. The van der Waals surface area contributed by atoms with Crippen LogP contribution < -0.4 is 5.32 Å². The number of allylic oxidation sites excluding steroid dienone is 6. The number of aliphatic hydroxyl groups is 2. The van der Waals surface area contributed by atoms with Crippen molar-refractivity contribution in [1.29, 1.82) is 0 Å². The fourth-order valence-electron chi connectivity index (χ4n) is 13.7. The minimum absolute atomic E-state index is 0.0168. The Balaban J connectivity index is 3.36. The molecule has 6 nitrogen and oxygen atoms in total. The van der Waals surface area contributed by atoms with Crippen LogP contribution in [0, 0.1) is 0 Å². The first kappa shape index (κ1) is 91.1. The number of aliphatic hydroxyl groups excluding tert-OH is 2. The van der Waals surface area contributed by atoms with Gasteiger partial charge in [-0.3, -0.25) is 9.59 Å². The number of nitrogens with one attached hydrogen (secondary N) is 1. The molecule has 0 aliphatic rings. The van der Waals surface area contributed by atoms with Gasteiger partial charge in [0.1, 0.15) is 0 Å². The summed E-state index contributed by atoms with van der Waals surface area (Å²) in [6.45, 7) is 5.00. The summed E-state index contributed by atoms with van der Waals surface area (Å²) in [5.41, 5.74) is 0. The molecule has 0 aromatic rings. The highest BCUT2D eigenvalue weighted by molar-refractivity contribution is 5.76. The molecular formula is C87H167NO5. The van der Waals surface area contributed by atoms with Gasteiger partial charge in [0.2, 0.25) is 5.91 Å². The van der Waals surface area contributed by atoms with E-state index in [0.717, 1.165) is 51.4 Å². The Hall–Kier alpha value is -1.92. The number of carbonyl (C=O) groups is 2. The molecule has 0 bridgehead atoms. The van der Waals surface area contributed by atoms with Gasteiger partial charge in [-0.05, 0) is 83.5 Å². The topological polar surface area (TPSA) is 95.9 Å². The minimum Gasteiger partial charge on any atom is -0.466 e. The molecular weight excluding hydrogens is 1140 g/mol. The number of unbranched alkanes of at least 4 members (excludes halogenated alkanes) is 64. The second kappa shape index (κ2) is 82.5. The molecule has 0 radical (unpaired) electrons. The van der Waals surface area contributed by atoms with Crippen LogP contribution in [-0.2, 0) is 14.3 Å². The standard InChI is InChI=1S/C87H167NO5/c1-3-5-7-9-11-13-15-17-19-21-23-41-44-47-51-55-59-63-67-71-75-79-85(90)84(83-89)88-86(91)80-76-72-68-64-60-56-52-48-45-42-39-37-35-33-31-29-27-25-24-26-28-30-32-34-36-38-40-43-46-50-54-58-62-66-70-74-78-82-93-87(92)81-77-73-69-65-61-57-53-49-22-20-18-16-14-12-10-8-6-4-2/h20,22,24,26,30,32,84-85,89-90H,3-19,21,23,25,27-29,31,33-83H2,1-2H3,(H,88,91)/b22-20-,26-24-,32-30-. The lowest BCUT2D eigenvalue weighted by atomic mass is 10.0. The number of hydrogen-bond acceptors (Lipinski definition) is 5. The van der Waals surface area contributed by atoms with E-state index in [1.807, 2.05) is 0 Å². The summed E-state index contributed by atoms with van der Waals surface area (Å²) in [6, 6.07) is -0.541. The average Bonchev–Trinajstić information content (AvgIpc) is 3.78. The smallest absolute Gasteiger partial charge is 0.305 e. The molecule has 3 N–H and O–H groups in total. The van der Waals surface area contributed by atoms with Crippen molar-refractivity contribution in [1.82, 2.24) is 5.32 Å². The van der Waals surface area contributed by atoms with Crippen molar-refractivity contribution in [3.63, 3.8) is 0 Å². The van der Waals surface area contributed by atoms with E-state index in [0.29, 0.717) is 25.9 Å². The fourth-order valence-corrected chi connectivity index (χ4v) is 13.7. The van der Waals surface area contributed by atoms with Gasteiger partial charge in [0, 0.05) is 12.8 Å². The molecule has 0 saturated heterocycles. The van der Waals surface area contributed by atoms with Crippen molar-refractivity contribution in [2.24, 2.45) is 0 Å². The molecule has 0 rings (SSSR count). The Labute approximate surface area is 583 Å². The molecule has 0 aliphatic heterocycles. The van der Waals surface area contributed by atoms with Gasteiger partial charge in [0.05, 0.1) is 25.4 Å². The molecule has 0 fully saturated rings. The lowest BCUT2D eigenvalue weighted by Crippen LogP contribution is -2.45. The summed E-state index contributed by atoms with van der Waals surface area (Å²) in [5, 5.41) is 23.5. The highest BCUT2D eigenvalue weighted by Crippen LogP contribution is 2.20. The number of carbonyl (C=O) groups excluding carboxylic acids is 2. The second-order valence-corrected chi connectivity index (χ2v) is 29.5. The lowest BCUT2D eigenvalue weighted by molar-refractivity contribution is -0.143. The van der Waals surface area contributed by atoms with Gasteiger partial charge in [-0.2, -0.15) is 0 Å². The second-order valence-electron chi connectivity index (χ2n) is 29.5. The van der Waals surface area contributed by atoms with Crippen LogP contribution in [0.5, 0.6) is 0 Å². The van der Waals surface area contributed by atoms with Crippen molar-refractivity contribution in [2.45, 2.75) is 495 Å². The van der Waals surface area contributed by atoms with Gasteiger partial charge in [-0.15, -0.1) is 0 Å². The number of ether oxygens (including phenoxy) is 1. The zero-order valence-electron chi connectivity index (χ0n) is 63.3. The first-order valence-corrected chi connectivity index (χ1v) is 42.7.